The minimum Gasteiger partial charge on any atom is -0.269 e. The molecule has 0 atom stereocenters. The molecule has 4 amide bonds. The van der Waals surface area contributed by atoms with E-state index in [4.69, 9.17) is 0 Å². The van der Waals surface area contributed by atoms with E-state index < -0.39 is 136 Å². The number of halogens is 14. The largest absolute Gasteiger partial charge is 0.459 e. The number of thiophene rings is 2. The first-order chi connectivity index (χ1) is 21.8. The molecule has 0 saturated heterocycles. The lowest BCUT2D eigenvalue weighted by atomic mass is 9.82. The summed E-state index contributed by atoms with van der Waals surface area (Å²) >= 11 is 0.956. The number of carbonyl (C=O) groups excluding carboxylic acids is 4. The lowest BCUT2D eigenvalue weighted by molar-refractivity contribution is -0.354. The van der Waals surface area contributed by atoms with Crippen LogP contribution in [0.5, 0.6) is 0 Å². The topological polar surface area (TPSA) is 74.8 Å². The Morgan fingerprint density at radius 1 is 0.479 bits per heavy atom. The standard InChI is InChI=1S/C26H8F14N2O4S2/c27-21(28,23(31,32)25(35,36)37)5-41-17(43)9-7-1-3-47-15(7)13-12-10(8-2-4-48-16(8)14(11(9)12)20(41)46)18(44)42(19(13)45)6-22(29,30)24(33,34)26(38,39)40/h1-4H,5-6H2. The van der Waals surface area contributed by atoms with Crippen molar-refractivity contribution in [2.45, 2.75) is 36.0 Å². The van der Waals surface area contributed by atoms with Crippen LogP contribution < -0.4 is 0 Å². The fourth-order valence-corrected chi connectivity index (χ4v) is 7.41. The van der Waals surface area contributed by atoms with E-state index >= 15 is 0 Å². The molecule has 256 valence electrons. The average Bonchev–Trinajstić information content (AvgIpc) is 3.63. The molecule has 22 heteroatoms. The van der Waals surface area contributed by atoms with Crippen LogP contribution in [0.2, 0.25) is 0 Å². The minimum absolute atomic E-state index is 0.478. The van der Waals surface area contributed by atoms with Crippen molar-refractivity contribution in [2.24, 2.45) is 0 Å². The van der Waals surface area contributed by atoms with Gasteiger partial charge in [0.2, 0.25) is 0 Å². The number of amides is 4. The van der Waals surface area contributed by atoms with Crippen LogP contribution in [0.3, 0.4) is 0 Å². The van der Waals surface area contributed by atoms with Crippen molar-refractivity contribution in [3.05, 3.63) is 45.1 Å². The molecule has 6 rings (SSSR count). The van der Waals surface area contributed by atoms with Crippen molar-refractivity contribution in [1.29, 1.82) is 0 Å². The van der Waals surface area contributed by atoms with E-state index in [-0.39, 0.29) is 0 Å². The number of imide groups is 2. The second-order valence-electron chi connectivity index (χ2n) is 10.5. The third-order valence-electron chi connectivity index (χ3n) is 7.75. The van der Waals surface area contributed by atoms with E-state index in [0.717, 1.165) is 22.9 Å². The van der Waals surface area contributed by atoms with Crippen LogP contribution in [-0.2, 0) is 0 Å². The Kier molecular flexibility index (Phi) is 6.87. The first kappa shape index (κ1) is 33.8. The second kappa shape index (κ2) is 9.76. The molecule has 0 fully saturated rings. The molecule has 0 N–H and O–H groups in total. The summed E-state index contributed by atoms with van der Waals surface area (Å²) in [5.41, 5.74) is -3.41. The SMILES string of the molecule is O=C1c2c3ccsc3c3c4c(c5ccsc5c(c24)C(=O)N1CC(F)(F)C(F)(F)C(F)(F)F)C(=O)N(CC(F)(F)C(F)(F)C(F)(F)F)C3=O. The van der Waals surface area contributed by atoms with Crippen LogP contribution in [0.25, 0.3) is 30.9 Å². The van der Waals surface area contributed by atoms with Crippen molar-refractivity contribution in [3.8, 4) is 0 Å². The number of nitrogens with zero attached hydrogens (tertiary/aromatic N) is 2. The number of hydrogen-bond donors (Lipinski definition) is 0. The molecule has 6 nitrogen and oxygen atoms in total. The highest BCUT2D eigenvalue weighted by atomic mass is 32.1. The van der Waals surface area contributed by atoms with Crippen molar-refractivity contribution in [1.82, 2.24) is 9.80 Å². The Morgan fingerprint density at radius 2 is 0.771 bits per heavy atom. The van der Waals surface area contributed by atoms with Gasteiger partial charge in [0.1, 0.15) is 0 Å². The highest BCUT2D eigenvalue weighted by Gasteiger charge is 2.75. The molecule has 4 heterocycles. The molecular weight excluding hydrogens is 734 g/mol. The zero-order valence-corrected chi connectivity index (χ0v) is 24.0. The predicted molar refractivity (Wildman–Crippen MR) is 137 cm³/mol. The van der Waals surface area contributed by atoms with Crippen molar-refractivity contribution >= 4 is 77.2 Å². The van der Waals surface area contributed by atoms with Crippen LogP contribution in [0.1, 0.15) is 41.4 Å². The van der Waals surface area contributed by atoms with Gasteiger partial charge in [0.25, 0.3) is 23.6 Å². The number of rotatable bonds is 6. The number of fused-ring (bicyclic) bond motifs is 6. The molecule has 2 aliphatic rings. The summed E-state index contributed by atoms with van der Waals surface area (Å²) in [6.45, 7) is -5.62. The van der Waals surface area contributed by atoms with Crippen molar-refractivity contribution < 1.29 is 80.6 Å². The third kappa shape index (κ3) is 4.16. The Hall–Kier alpha value is -4.08. The van der Waals surface area contributed by atoms with E-state index in [1.807, 2.05) is 0 Å². The van der Waals surface area contributed by atoms with E-state index in [9.17, 15) is 80.6 Å². The van der Waals surface area contributed by atoms with E-state index in [2.05, 4.69) is 0 Å². The molecule has 2 aromatic carbocycles. The van der Waals surface area contributed by atoms with Gasteiger partial charge >= 0.3 is 36.0 Å². The monoisotopic (exact) mass is 742 g/mol. The van der Waals surface area contributed by atoms with Crippen molar-refractivity contribution in [3.63, 3.8) is 0 Å². The van der Waals surface area contributed by atoms with Gasteiger partial charge in [-0.25, -0.2) is 0 Å². The maximum atomic E-state index is 14.5. The van der Waals surface area contributed by atoms with E-state index in [0.29, 0.717) is 22.7 Å². The summed E-state index contributed by atoms with van der Waals surface area (Å²) in [6.07, 6.45) is -13.7. The lowest BCUT2D eigenvalue weighted by Crippen LogP contribution is -2.59. The highest BCUT2D eigenvalue weighted by molar-refractivity contribution is 7.18. The molecule has 0 spiro atoms. The molecule has 0 aliphatic carbocycles. The van der Waals surface area contributed by atoms with Crippen LogP contribution in [0.15, 0.2) is 22.9 Å². The van der Waals surface area contributed by atoms with Crippen LogP contribution >= 0.6 is 22.7 Å². The van der Waals surface area contributed by atoms with Gasteiger partial charge in [-0.3, -0.25) is 29.0 Å². The quantitative estimate of drug-likeness (QED) is 0.148. The minimum atomic E-state index is -6.84. The van der Waals surface area contributed by atoms with Crippen LogP contribution in [0, 0.1) is 0 Å². The summed E-state index contributed by atoms with van der Waals surface area (Å²) in [5, 5.41) is -0.306. The normalized spacial score (nSPS) is 16.8. The molecule has 0 radical (unpaired) electrons. The summed E-state index contributed by atoms with van der Waals surface area (Å²) < 4.78 is 190. The van der Waals surface area contributed by atoms with E-state index in [1.54, 1.807) is 0 Å². The molecule has 4 aromatic rings. The summed E-state index contributed by atoms with van der Waals surface area (Å²) in [4.78, 5) is 53.2. The predicted octanol–water partition coefficient (Wildman–Crippen LogP) is 8.13. The van der Waals surface area contributed by atoms with Gasteiger partial charge in [-0.05, 0) is 22.9 Å². The Morgan fingerprint density at radius 3 is 1.06 bits per heavy atom. The van der Waals surface area contributed by atoms with Crippen LogP contribution in [-0.4, -0.2) is 82.6 Å². The average molecular weight is 742 g/mol. The Labute approximate surface area is 262 Å². The third-order valence-corrected chi connectivity index (χ3v) is 9.62. The highest BCUT2D eigenvalue weighted by Crippen LogP contribution is 2.52. The van der Waals surface area contributed by atoms with Gasteiger partial charge in [0.15, 0.2) is 0 Å². The number of alkyl halides is 14. The fourth-order valence-electron chi connectivity index (χ4n) is 5.52. The fraction of sp³-hybridized carbons (Fsp3) is 0.308. The second-order valence-corrected chi connectivity index (χ2v) is 12.4. The first-order valence-electron chi connectivity index (χ1n) is 12.6. The molecular formula is C26H8F14N2O4S2. The summed E-state index contributed by atoms with van der Waals surface area (Å²) in [7, 11) is 0. The molecule has 0 unspecified atom stereocenters. The smallest absolute Gasteiger partial charge is 0.269 e. The van der Waals surface area contributed by atoms with Gasteiger partial charge in [0, 0.05) is 30.9 Å². The maximum Gasteiger partial charge on any atom is 0.459 e. The Balaban J connectivity index is 1.62. The summed E-state index contributed by atoms with van der Waals surface area (Å²) in [5.74, 6) is -33.3. The Bertz CT molecular complexity index is 1880. The number of benzene rings is 2. The van der Waals surface area contributed by atoms with Gasteiger partial charge in [0.05, 0.1) is 35.3 Å². The first-order valence-corrected chi connectivity index (χ1v) is 14.3. The maximum absolute atomic E-state index is 14.5. The molecule has 0 bridgehead atoms. The molecule has 2 aromatic heterocycles. The molecule has 48 heavy (non-hydrogen) atoms. The van der Waals surface area contributed by atoms with Gasteiger partial charge < -0.3 is 0 Å². The van der Waals surface area contributed by atoms with Gasteiger partial charge in [-0.2, -0.15) is 61.5 Å². The summed E-state index contributed by atoms with van der Waals surface area (Å²) in [6, 6.07) is 1.92. The molecule has 0 saturated carbocycles. The zero-order valence-electron chi connectivity index (χ0n) is 22.4. The zero-order chi connectivity index (χ0) is 35.9. The lowest BCUT2D eigenvalue weighted by Gasteiger charge is -2.37. The number of hydrogen-bond acceptors (Lipinski definition) is 6. The van der Waals surface area contributed by atoms with Crippen LogP contribution in [0.4, 0.5) is 61.5 Å². The van der Waals surface area contributed by atoms with Crippen molar-refractivity contribution in [2.75, 3.05) is 13.1 Å². The number of carbonyl (C=O) groups is 4. The molecule has 2 aliphatic heterocycles. The van der Waals surface area contributed by atoms with Gasteiger partial charge in [-0.15, -0.1) is 22.7 Å². The van der Waals surface area contributed by atoms with Gasteiger partial charge in [-0.1, -0.05) is 0 Å². The van der Waals surface area contributed by atoms with E-state index in [1.165, 1.54) is 0 Å².